The van der Waals surface area contributed by atoms with E-state index in [2.05, 4.69) is 40.2 Å². The third kappa shape index (κ3) is 4.04. The second kappa shape index (κ2) is 7.79. The zero-order valence-electron chi connectivity index (χ0n) is 15.9. The fourth-order valence-corrected chi connectivity index (χ4v) is 4.18. The van der Waals surface area contributed by atoms with Gasteiger partial charge in [0.25, 0.3) is 5.91 Å². The van der Waals surface area contributed by atoms with Crippen molar-refractivity contribution in [3.63, 3.8) is 0 Å². The van der Waals surface area contributed by atoms with E-state index in [0.717, 1.165) is 44.6 Å². The molecule has 1 aromatic carbocycles. The predicted molar refractivity (Wildman–Crippen MR) is 106 cm³/mol. The minimum atomic E-state index is -0.400. The zero-order chi connectivity index (χ0) is 18.7. The Hall–Kier alpha value is -2.24. The molecule has 0 saturated carbocycles. The summed E-state index contributed by atoms with van der Waals surface area (Å²) < 4.78 is 6.26. The fraction of sp³-hybridized carbons (Fsp3) is 0.455. The largest absolute Gasteiger partial charge is 0.360 e. The van der Waals surface area contributed by atoms with Crippen molar-refractivity contribution in [1.29, 1.82) is 0 Å². The van der Waals surface area contributed by atoms with Crippen molar-refractivity contribution in [1.82, 2.24) is 9.88 Å². The van der Waals surface area contributed by atoms with E-state index in [-0.39, 0.29) is 11.5 Å². The Morgan fingerprint density at radius 2 is 1.81 bits per heavy atom. The number of morpholine rings is 1. The summed E-state index contributed by atoms with van der Waals surface area (Å²) in [6.07, 6.45) is 6.07. The first-order valence-corrected chi connectivity index (χ1v) is 9.81. The monoisotopic (exact) mass is 365 g/mol. The second-order valence-electron chi connectivity index (χ2n) is 7.65. The van der Waals surface area contributed by atoms with Crippen LogP contribution in [0.15, 0.2) is 54.9 Å². The zero-order valence-corrected chi connectivity index (χ0v) is 15.9. The molecule has 4 rings (SSSR count). The van der Waals surface area contributed by atoms with Gasteiger partial charge >= 0.3 is 0 Å². The summed E-state index contributed by atoms with van der Waals surface area (Å²) in [7, 11) is 0. The van der Waals surface area contributed by atoms with E-state index in [1.807, 2.05) is 24.0 Å². The van der Waals surface area contributed by atoms with Gasteiger partial charge in [-0.3, -0.25) is 9.78 Å². The number of aromatic nitrogens is 1. The number of rotatable bonds is 4. The summed E-state index contributed by atoms with van der Waals surface area (Å²) in [5, 5.41) is 0. The van der Waals surface area contributed by atoms with Crippen LogP contribution in [0.1, 0.15) is 25.3 Å². The summed E-state index contributed by atoms with van der Waals surface area (Å²) in [6, 6.07) is 14.4. The molecular formula is C22H27N3O2. The van der Waals surface area contributed by atoms with Gasteiger partial charge in [-0.2, -0.15) is 0 Å². The van der Waals surface area contributed by atoms with Crippen molar-refractivity contribution in [3.8, 4) is 0 Å². The number of likely N-dealkylation sites (tertiary alicyclic amines) is 1. The highest BCUT2D eigenvalue weighted by Crippen LogP contribution is 2.34. The van der Waals surface area contributed by atoms with Crippen LogP contribution in [0.4, 0.5) is 5.69 Å². The molecular weight excluding hydrogens is 338 g/mol. The molecule has 1 amide bonds. The molecule has 5 heteroatoms. The highest BCUT2D eigenvalue weighted by atomic mass is 16.5. The Balaban J connectivity index is 1.38. The lowest BCUT2D eigenvalue weighted by Gasteiger charge is -2.49. The van der Waals surface area contributed by atoms with E-state index < -0.39 is 6.10 Å². The van der Waals surface area contributed by atoms with Crippen LogP contribution in [0, 0.1) is 0 Å². The first-order chi connectivity index (χ1) is 13.2. The molecule has 1 aromatic heterocycles. The van der Waals surface area contributed by atoms with Gasteiger partial charge in [0.05, 0.1) is 12.1 Å². The first kappa shape index (κ1) is 18.1. The number of carbonyl (C=O) groups excluding carboxylic acids is 1. The van der Waals surface area contributed by atoms with Crippen molar-refractivity contribution in [2.45, 2.75) is 37.9 Å². The number of hydrogen-bond acceptors (Lipinski definition) is 4. The van der Waals surface area contributed by atoms with Crippen LogP contribution in [0.2, 0.25) is 0 Å². The van der Waals surface area contributed by atoms with E-state index in [4.69, 9.17) is 4.74 Å². The lowest BCUT2D eigenvalue weighted by molar-refractivity contribution is -0.161. The summed E-state index contributed by atoms with van der Waals surface area (Å²) >= 11 is 0. The molecule has 2 aliphatic rings. The number of ether oxygens (including phenoxy) is 1. The van der Waals surface area contributed by atoms with E-state index in [1.165, 1.54) is 5.56 Å². The normalized spacial score (nSPS) is 22.9. The Bertz CT molecular complexity index is 758. The summed E-state index contributed by atoms with van der Waals surface area (Å²) in [6.45, 7) is 5.60. The molecule has 1 atom stereocenters. The van der Waals surface area contributed by atoms with Gasteiger partial charge in [-0.15, -0.1) is 0 Å². The highest BCUT2D eigenvalue weighted by molar-refractivity contribution is 5.97. The molecule has 2 aliphatic heterocycles. The van der Waals surface area contributed by atoms with Gasteiger partial charge in [0, 0.05) is 37.7 Å². The van der Waals surface area contributed by atoms with Gasteiger partial charge in [-0.1, -0.05) is 30.3 Å². The molecule has 2 saturated heterocycles. The first-order valence-electron chi connectivity index (χ1n) is 9.81. The molecule has 0 bridgehead atoms. The molecule has 27 heavy (non-hydrogen) atoms. The molecule has 0 radical (unpaired) electrons. The maximum atomic E-state index is 12.6. The van der Waals surface area contributed by atoms with Crippen molar-refractivity contribution in [2.24, 2.45) is 0 Å². The highest BCUT2D eigenvalue weighted by Gasteiger charge is 2.45. The molecule has 3 heterocycles. The molecule has 0 aliphatic carbocycles. The van der Waals surface area contributed by atoms with Gasteiger partial charge in [0.15, 0.2) is 0 Å². The number of pyridine rings is 1. The number of carbonyl (C=O) groups is 1. The minimum absolute atomic E-state index is 0.0401. The van der Waals surface area contributed by atoms with Gasteiger partial charge < -0.3 is 14.5 Å². The van der Waals surface area contributed by atoms with Crippen LogP contribution in [-0.2, 0) is 16.0 Å². The smallest absolute Gasteiger partial charge is 0.255 e. The van der Waals surface area contributed by atoms with Gasteiger partial charge in [-0.25, -0.2) is 0 Å². The SMILES string of the molecule is CC1OC2(CCN(CCc3ccccc3)CC2)CN(c2ccncc2)C1=O. The third-order valence-electron chi connectivity index (χ3n) is 5.79. The Labute approximate surface area is 161 Å². The average molecular weight is 365 g/mol. The lowest BCUT2D eigenvalue weighted by atomic mass is 9.88. The maximum Gasteiger partial charge on any atom is 0.255 e. The number of hydrogen-bond donors (Lipinski definition) is 0. The number of amides is 1. The van der Waals surface area contributed by atoms with Crippen LogP contribution < -0.4 is 4.90 Å². The Morgan fingerprint density at radius 3 is 2.52 bits per heavy atom. The van der Waals surface area contributed by atoms with Crippen LogP contribution in [0.3, 0.4) is 0 Å². The van der Waals surface area contributed by atoms with Crippen molar-refractivity contribution in [2.75, 3.05) is 31.1 Å². The molecule has 1 spiro atoms. The lowest BCUT2D eigenvalue weighted by Crippen LogP contribution is -2.61. The summed E-state index contributed by atoms with van der Waals surface area (Å²) in [4.78, 5) is 21.1. The Kier molecular flexibility index (Phi) is 5.23. The van der Waals surface area contributed by atoms with Gasteiger partial charge in [0.1, 0.15) is 6.10 Å². The molecule has 1 unspecified atom stereocenters. The van der Waals surface area contributed by atoms with Crippen molar-refractivity contribution < 1.29 is 9.53 Å². The molecule has 142 valence electrons. The average Bonchev–Trinajstić information content (AvgIpc) is 2.72. The van der Waals surface area contributed by atoms with Crippen LogP contribution in [0.25, 0.3) is 0 Å². The molecule has 2 aromatic rings. The van der Waals surface area contributed by atoms with E-state index in [9.17, 15) is 4.79 Å². The number of benzene rings is 1. The number of piperidine rings is 1. The minimum Gasteiger partial charge on any atom is -0.360 e. The van der Waals surface area contributed by atoms with Crippen LogP contribution >= 0.6 is 0 Å². The van der Waals surface area contributed by atoms with E-state index in [1.54, 1.807) is 12.4 Å². The van der Waals surface area contributed by atoms with Crippen LogP contribution in [0.5, 0.6) is 0 Å². The quantitative estimate of drug-likeness (QED) is 0.836. The molecule has 2 fully saturated rings. The second-order valence-corrected chi connectivity index (χ2v) is 7.65. The van der Waals surface area contributed by atoms with Crippen molar-refractivity contribution in [3.05, 3.63) is 60.4 Å². The van der Waals surface area contributed by atoms with E-state index >= 15 is 0 Å². The van der Waals surface area contributed by atoms with E-state index in [0.29, 0.717) is 6.54 Å². The van der Waals surface area contributed by atoms with Crippen molar-refractivity contribution >= 4 is 11.6 Å². The van der Waals surface area contributed by atoms with Crippen LogP contribution in [-0.4, -0.2) is 53.7 Å². The fourth-order valence-electron chi connectivity index (χ4n) is 4.18. The number of anilines is 1. The topological polar surface area (TPSA) is 45.7 Å². The maximum absolute atomic E-state index is 12.6. The molecule has 0 N–H and O–H groups in total. The Morgan fingerprint density at radius 1 is 1.11 bits per heavy atom. The standard InChI is InChI=1S/C22H27N3O2/c1-18-21(26)25(20-7-12-23-13-8-20)17-22(27-18)10-15-24(16-11-22)14-9-19-5-3-2-4-6-19/h2-8,12-13,18H,9-11,14-17H2,1H3. The summed E-state index contributed by atoms with van der Waals surface area (Å²) in [5.41, 5.74) is 2.06. The molecule has 5 nitrogen and oxygen atoms in total. The third-order valence-corrected chi connectivity index (χ3v) is 5.79. The predicted octanol–water partition coefficient (Wildman–Crippen LogP) is 2.91. The number of nitrogens with zero attached hydrogens (tertiary/aromatic N) is 3. The van der Waals surface area contributed by atoms with Gasteiger partial charge in [-0.05, 0) is 43.9 Å². The summed E-state index contributed by atoms with van der Waals surface area (Å²) in [5.74, 6) is 0.0401. The van der Waals surface area contributed by atoms with Gasteiger partial charge in [0.2, 0.25) is 0 Å².